The van der Waals surface area contributed by atoms with Crippen LogP contribution in [0, 0.1) is 5.82 Å². The van der Waals surface area contributed by atoms with Crippen LogP contribution in [0.25, 0.3) is 0 Å². The molecule has 1 heterocycles. The molecule has 2 rings (SSSR count). The van der Waals surface area contributed by atoms with Crippen molar-refractivity contribution in [1.29, 1.82) is 0 Å². The molecule has 0 aliphatic carbocycles. The number of hydrogen-bond acceptors (Lipinski definition) is 4. The van der Waals surface area contributed by atoms with Gasteiger partial charge in [-0.3, -0.25) is 9.69 Å². The minimum atomic E-state index is -0.529. The maximum absolute atomic E-state index is 13.6. The van der Waals surface area contributed by atoms with Gasteiger partial charge in [0.05, 0.1) is 12.3 Å². The van der Waals surface area contributed by atoms with Crippen LogP contribution < -0.4 is 5.32 Å². The van der Waals surface area contributed by atoms with Gasteiger partial charge in [-0.2, -0.15) is 0 Å². The van der Waals surface area contributed by atoms with Crippen molar-refractivity contribution in [1.82, 2.24) is 9.80 Å². The van der Waals surface area contributed by atoms with Crippen LogP contribution in [-0.2, 0) is 4.79 Å². The maximum Gasteiger partial charge on any atom is 0.225 e. The summed E-state index contributed by atoms with van der Waals surface area (Å²) in [5, 5.41) is 11.8. The fourth-order valence-electron chi connectivity index (χ4n) is 2.44. The van der Waals surface area contributed by atoms with Crippen LogP contribution in [0.5, 0.6) is 0 Å². The molecule has 1 amide bonds. The lowest BCUT2D eigenvalue weighted by Gasteiger charge is -2.34. The molecule has 122 valence electrons. The van der Waals surface area contributed by atoms with Crippen LogP contribution in [-0.4, -0.2) is 66.7 Å². The predicted octanol–water partition coefficient (Wildman–Crippen LogP) is 1.42. The normalized spacial score (nSPS) is 16.7. The molecule has 0 unspecified atom stereocenters. The molecule has 1 fully saturated rings. The number of nitrogens with one attached hydrogen (secondary N) is 1. The number of nitrogens with zero attached hydrogens (tertiary/aromatic N) is 2. The summed E-state index contributed by atoms with van der Waals surface area (Å²) in [6.07, 6.45) is 0.321. The van der Waals surface area contributed by atoms with E-state index in [1.165, 1.54) is 12.1 Å². The van der Waals surface area contributed by atoms with Crippen LogP contribution in [0.1, 0.15) is 6.42 Å². The van der Waals surface area contributed by atoms with E-state index >= 15 is 0 Å². The molecule has 0 bridgehead atoms. The molecule has 22 heavy (non-hydrogen) atoms. The summed E-state index contributed by atoms with van der Waals surface area (Å²) in [5.74, 6) is -0.738. The largest absolute Gasteiger partial charge is 0.395 e. The van der Waals surface area contributed by atoms with Gasteiger partial charge in [0.1, 0.15) is 5.82 Å². The van der Waals surface area contributed by atoms with Gasteiger partial charge in [-0.25, -0.2) is 4.39 Å². The number of hydrogen-bond donors (Lipinski definition) is 2. The van der Waals surface area contributed by atoms with E-state index in [1.807, 2.05) is 0 Å². The van der Waals surface area contributed by atoms with E-state index in [1.54, 1.807) is 6.07 Å². The van der Waals surface area contributed by atoms with Gasteiger partial charge in [0.25, 0.3) is 0 Å². The second-order valence-electron chi connectivity index (χ2n) is 5.33. The van der Waals surface area contributed by atoms with E-state index in [0.717, 1.165) is 26.2 Å². The van der Waals surface area contributed by atoms with Gasteiger partial charge >= 0.3 is 0 Å². The highest BCUT2D eigenvalue weighted by Crippen LogP contribution is 2.19. The van der Waals surface area contributed by atoms with Crippen LogP contribution in [0.4, 0.5) is 10.1 Å². The van der Waals surface area contributed by atoms with Gasteiger partial charge in [-0.1, -0.05) is 11.6 Å². The molecular weight excluding hydrogens is 309 g/mol. The summed E-state index contributed by atoms with van der Waals surface area (Å²) < 4.78 is 13.6. The zero-order valence-electron chi connectivity index (χ0n) is 12.4. The summed E-state index contributed by atoms with van der Waals surface area (Å²) in [4.78, 5) is 16.3. The number of aliphatic hydroxyl groups excluding tert-OH is 1. The van der Waals surface area contributed by atoms with Crippen molar-refractivity contribution in [3.05, 3.63) is 29.0 Å². The average molecular weight is 330 g/mol. The van der Waals surface area contributed by atoms with Gasteiger partial charge in [-0.15, -0.1) is 0 Å². The highest BCUT2D eigenvalue weighted by atomic mass is 35.5. The number of rotatable bonds is 6. The first-order valence-electron chi connectivity index (χ1n) is 7.39. The third-order valence-corrected chi connectivity index (χ3v) is 3.98. The third kappa shape index (κ3) is 5.21. The van der Waals surface area contributed by atoms with Crippen molar-refractivity contribution in [2.75, 3.05) is 51.2 Å². The molecule has 1 aromatic rings. The Kier molecular flexibility index (Phi) is 6.57. The molecule has 1 saturated heterocycles. The topological polar surface area (TPSA) is 55.8 Å². The van der Waals surface area contributed by atoms with Crippen molar-refractivity contribution in [2.45, 2.75) is 6.42 Å². The number of aliphatic hydroxyl groups is 1. The molecule has 0 spiro atoms. The fourth-order valence-corrected chi connectivity index (χ4v) is 2.60. The van der Waals surface area contributed by atoms with E-state index in [4.69, 9.17) is 16.7 Å². The van der Waals surface area contributed by atoms with Crippen LogP contribution in [0.2, 0.25) is 5.02 Å². The lowest BCUT2D eigenvalue weighted by molar-refractivity contribution is -0.116. The Morgan fingerprint density at radius 3 is 2.45 bits per heavy atom. The Balaban J connectivity index is 1.72. The Morgan fingerprint density at radius 2 is 1.86 bits per heavy atom. The molecule has 5 nitrogen and oxygen atoms in total. The number of anilines is 1. The van der Waals surface area contributed by atoms with E-state index in [2.05, 4.69) is 15.1 Å². The first-order chi connectivity index (χ1) is 10.6. The van der Waals surface area contributed by atoms with E-state index in [-0.39, 0.29) is 18.2 Å². The summed E-state index contributed by atoms with van der Waals surface area (Å²) in [6, 6.07) is 4.18. The lowest BCUT2D eigenvalue weighted by Crippen LogP contribution is -2.47. The van der Waals surface area contributed by atoms with E-state index < -0.39 is 5.82 Å². The van der Waals surface area contributed by atoms with Crippen LogP contribution in [0.3, 0.4) is 0 Å². The summed E-state index contributed by atoms with van der Waals surface area (Å²) >= 11 is 5.67. The quantitative estimate of drug-likeness (QED) is 0.829. The molecule has 1 aromatic carbocycles. The standard InChI is InChI=1S/C15H21ClFN3O2/c16-12-1-2-14(13(17)11-12)18-15(22)3-4-19-5-7-20(8-6-19)9-10-21/h1-2,11,21H,3-10H2,(H,18,22). The number of carbonyl (C=O) groups is 1. The molecule has 1 aliphatic heterocycles. The number of halogens is 2. The summed E-state index contributed by atoms with van der Waals surface area (Å²) in [5.41, 5.74) is 0.155. The summed E-state index contributed by atoms with van der Waals surface area (Å²) in [7, 11) is 0. The average Bonchev–Trinajstić information content (AvgIpc) is 2.50. The van der Waals surface area contributed by atoms with Crippen molar-refractivity contribution < 1.29 is 14.3 Å². The summed E-state index contributed by atoms with van der Waals surface area (Å²) in [6.45, 7) is 5.07. The first kappa shape index (κ1) is 17.1. The number of amides is 1. The minimum absolute atomic E-state index is 0.155. The molecule has 1 aliphatic rings. The van der Waals surface area contributed by atoms with Gasteiger partial charge in [0.2, 0.25) is 5.91 Å². The number of benzene rings is 1. The molecule has 0 atom stereocenters. The smallest absolute Gasteiger partial charge is 0.225 e. The SMILES string of the molecule is O=C(CCN1CCN(CCO)CC1)Nc1ccc(Cl)cc1F. The Bertz CT molecular complexity index is 508. The van der Waals surface area contributed by atoms with Crippen molar-refractivity contribution in [2.24, 2.45) is 0 Å². The fraction of sp³-hybridized carbons (Fsp3) is 0.533. The van der Waals surface area contributed by atoms with Crippen LogP contribution in [0.15, 0.2) is 18.2 Å². The molecule has 0 radical (unpaired) electrons. The molecular formula is C15H21ClFN3O2. The monoisotopic (exact) mass is 329 g/mol. The second-order valence-corrected chi connectivity index (χ2v) is 5.77. The Morgan fingerprint density at radius 1 is 1.23 bits per heavy atom. The highest BCUT2D eigenvalue weighted by Gasteiger charge is 2.17. The lowest BCUT2D eigenvalue weighted by atomic mass is 10.2. The van der Waals surface area contributed by atoms with E-state index in [9.17, 15) is 9.18 Å². The number of β-amino-alcohol motifs (C(OH)–C–C–N with tert-alkyl or cyclic N) is 1. The Hall–Kier alpha value is -1.21. The third-order valence-electron chi connectivity index (χ3n) is 3.74. The molecule has 0 saturated carbocycles. The number of piperazine rings is 1. The van der Waals surface area contributed by atoms with Crippen molar-refractivity contribution >= 4 is 23.2 Å². The van der Waals surface area contributed by atoms with Gasteiger partial charge < -0.3 is 15.3 Å². The molecule has 7 heteroatoms. The second kappa shape index (κ2) is 8.43. The maximum atomic E-state index is 13.6. The van der Waals surface area contributed by atoms with Crippen LogP contribution >= 0.6 is 11.6 Å². The first-order valence-corrected chi connectivity index (χ1v) is 7.77. The van der Waals surface area contributed by atoms with Gasteiger partial charge in [-0.05, 0) is 18.2 Å². The zero-order chi connectivity index (χ0) is 15.9. The van der Waals surface area contributed by atoms with E-state index in [0.29, 0.717) is 24.5 Å². The van der Waals surface area contributed by atoms with Gasteiger partial charge in [0.15, 0.2) is 0 Å². The van der Waals surface area contributed by atoms with Crippen molar-refractivity contribution in [3.8, 4) is 0 Å². The Labute approximate surface area is 134 Å². The minimum Gasteiger partial charge on any atom is -0.395 e. The zero-order valence-corrected chi connectivity index (χ0v) is 13.2. The van der Waals surface area contributed by atoms with Crippen molar-refractivity contribution in [3.63, 3.8) is 0 Å². The molecule has 2 N–H and O–H groups in total. The molecule has 0 aromatic heterocycles. The highest BCUT2D eigenvalue weighted by molar-refractivity contribution is 6.30. The van der Waals surface area contributed by atoms with Gasteiger partial charge in [0, 0.05) is 50.7 Å². The number of carbonyl (C=O) groups excluding carboxylic acids is 1. The predicted molar refractivity (Wildman–Crippen MR) is 84.6 cm³/mol.